The van der Waals surface area contributed by atoms with Gasteiger partial charge in [0, 0.05) is 4.88 Å². The Morgan fingerprint density at radius 3 is 2.79 bits per heavy atom. The SMILES string of the molecule is CC(C)c1ccc(C=NNC(=O)Cn2cnc3sc4c(c3c2=O)CCCC4)cc1. The molecule has 4 rings (SSSR count). The molecule has 0 bridgehead atoms. The average Bonchev–Trinajstić information content (AvgIpc) is 3.10. The lowest BCUT2D eigenvalue weighted by Gasteiger charge is -2.10. The molecule has 0 radical (unpaired) electrons. The maximum atomic E-state index is 12.9. The van der Waals surface area contributed by atoms with Crippen molar-refractivity contribution < 1.29 is 4.79 Å². The van der Waals surface area contributed by atoms with E-state index in [2.05, 4.69) is 41.5 Å². The molecule has 0 fully saturated rings. The molecule has 1 N–H and O–H groups in total. The van der Waals surface area contributed by atoms with Crippen molar-refractivity contribution in [2.75, 3.05) is 0 Å². The molecular weight excluding hydrogens is 384 g/mol. The second kappa shape index (κ2) is 8.29. The first-order chi connectivity index (χ1) is 14.0. The van der Waals surface area contributed by atoms with Crippen LogP contribution in [0.2, 0.25) is 0 Å². The van der Waals surface area contributed by atoms with E-state index in [9.17, 15) is 9.59 Å². The molecule has 0 saturated carbocycles. The third-order valence-corrected chi connectivity index (χ3v) is 6.46. The van der Waals surface area contributed by atoms with Crippen LogP contribution in [0.25, 0.3) is 10.2 Å². The number of hydrogen-bond donors (Lipinski definition) is 1. The molecule has 1 aliphatic carbocycles. The van der Waals surface area contributed by atoms with Crippen LogP contribution < -0.4 is 11.0 Å². The molecule has 0 atom stereocenters. The van der Waals surface area contributed by atoms with Gasteiger partial charge in [0.1, 0.15) is 11.4 Å². The van der Waals surface area contributed by atoms with Crippen molar-refractivity contribution in [1.29, 1.82) is 0 Å². The van der Waals surface area contributed by atoms with E-state index in [1.165, 1.54) is 21.3 Å². The van der Waals surface area contributed by atoms with Crippen LogP contribution in [0, 0.1) is 0 Å². The molecule has 3 aromatic rings. The van der Waals surface area contributed by atoms with E-state index in [4.69, 9.17) is 0 Å². The molecule has 0 spiro atoms. The standard InChI is InChI=1S/C22H24N4O2S/c1-14(2)16-9-7-15(8-10-16)11-24-25-19(27)12-26-13-23-21-20(22(26)28)17-5-3-4-6-18(17)29-21/h7-11,13-14H,3-6,12H2,1-2H3,(H,25,27). The molecule has 1 amide bonds. The maximum absolute atomic E-state index is 12.9. The van der Waals surface area contributed by atoms with Gasteiger partial charge in [-0.1, -0.05) is 38.1 Å². The summed E-state index contributed by atoms with van der Waals surface area (Å²) in [5, 5.41) is 4.69. The van der Waals surface area contributed by atoms with Crippen molar-refractivity contribution in [1.82, 2.24) is 15.0 Å². The van der Waals surface area contributed by atoms with Gasteiger partial charge in [-0.15, -0.1) is 11.3 Å². The number of amides is 1. The number of hydrazone groups is 1. The predicted molar refractivity (Wildman–Crippen MR) is 117 cm³/mol. The topological polar surface area (TPSA) is 76.3 Å². The average molecular weight is 409 g/mol. The first-order valence-electron chi connectivity index (χ1n) is 9.94. The van der Waals surface area contributed by atoms with E-state index in [0.29, 0.717) is 11.3 Å². The molecule has 0 saturated heterocycles. The number of nitrogens with one attached hydrogen (secondary N) is 1. The molecule has 150 valence electrons. The van der Waals surface area contributed by atoms with E-state index < -0.39 is 0 Å². The fourth-order valence-electron chi connectivity index (χ4n) is 3.63. The summed E-state index contributed by atoms with van der Waals surface area (Å²) in [6.45, 7) is 4.18. The first kappa shape index (κ1) is 19.5. The Balaban J connectivity index is 1.45. The van der Waals surface area contributed by atoms with E-state index in [0.717, 1.165) is 41.6 Å². The van der Waals surface area contributed by atoms with E-state index >= 15 is 0 Å². The van der Waals surface area contributed by atoms with Gasteiger partial charge in [-0.3, -0.25) is 14.2 Å². The van der Waals surface area contributed by atoms with Crippen molar-refractivity contribution in [3.63, 3.8) is 0 Å². The number of hydrogen-bond acceptors (Lipinski definition) is 5. The lowest BCUT2D eigenvalue weighted by atomic mass is 9.97. The third kappa shape index (κ3) is 4.15. The lowest BCUT2D eigenvalue weighted by molar-refractivity contribution is -0.121. The lowest BCUT2D eigenvalue weighted by Crippen LogP contribution is -2.30. The van der Waals surface area contributed by atoms with Crippen LogP contribution in [0.4, 0.5) is 0 Å². The molecule has 0 aliphatic heterocycles. The largest absolute Gasteiger partial charge is 0.289 e. The van der Waals surface area contributed by atoms with Crippen LogP contribution in [-0.2, 0) is 24.2 Å². The fraction of sp³-hybridized carbons (Fsp3) is 0.364. The van der Waals surface area contributed by atoms with Gasteiger partial charge in [0.15, 0.2) is 0 Å². The smallest absolute Gasteiger partial charge is 0.262 e. The Kier molecular flexibility index (Phi) is 5.58. The van der Waals surface area contributed by atoms with Crippen molar-refractivity contribution >= 4 is 33.7 Å². The quantitative estimate of drug-likeness (QED) is 0.518. The highest BCUT2D eigenvalue weighted by atomic mass is 32.1. The molecule has 29 heavy (non-hydrogen) atoms. The Hall–Kier alpha value is -2.80. The molecular formula is C22H24N4O2S. The molecule has 7 heteroatoms. The fourth-order valence-corrected chi connectivity index (χ4v) is 4.85. The van der Waals surface area contributed by atoms with Gasteiger partial charge in [-0.05, 0) is 48.3 Å². The summed E-state index contributed by atoms with van der Waals surface area (Å²) < 4.78 is 1.37. The number of carbonyl (C=O) groups is 1. The molecule has 6 nitrogen and oxygen atoms in total. The van der Waals surface area contributed by atoms with Crippen LogP contribution in [0.3, 0.4) is 0 Å². The van der Waals surface area contributed by atoms with Crippen molar-refractivity contribution in [3.05, 3.63) is 62.5 Å². The van der Waals surface area contributed by atoms with Crippen LogP contribution in [0.5, 0.6) is 0 Å². The van der Waals surface area contributed by atoms with Crippen LogP contribution in [0.1, 0.15) is 54.2 Å². The molecule has 2 aromatic heterocycles. The Morgan fingerprint density at radius 1 is 1.28 bits per heavy atom. The van der Waals surface area contributed by atoms with Gasteiger partial charge in [0.2, 0.25) is 0 Å². The summed E-state index contributed by atoms with van der Waals surface area (Å²) >= 11 is 1.61. The summed E-state index contributed by atoms with van der Waals surface area (Å²) in [5.41, 5.74) is 5.64. The minimum absolute atomic E-state index is 0.101. The highest BCUT2D eigenvalue weighted by Crippen LogP contribution is 2.33. The summed E-state index contributed by atoms with van der Waals surface area (Å²) in [5.74, 6) is 0.117. The monoisotopic (exact) mass is 408 g/mol. The molecule has 2 heterocycles. The van der Waals surface area contributed by atoms with Crippen molar-refractivity contribution in [2.24, 2.45) is 5.10 Å². The number of carbonyl (C=O) groups excluding carboxylic acids is 1. The summed E-state index contributed by atoms with van der Waals surface area (Å²) in [6.07, 6.45) is 7.25. The minimum Gasteiger partial charge on any atom is -0.289 e. The summed E-state index contributed by atoms with van der Waals surface area (Å²) in [4.78, 5) is 31.6. The van der Waals surface area contributed by atoms with Crippen molar-refractivity contribution in [3.8, 4) is 0 Å². The van der Waals surface area contributed by atoms with Gasteiger partial charge in [-0.25, -0.2) is 10.4 Å². The molecule has 1 aliphatic rings. The third-order valence-electron chi connectivity index (χ3n) is 5.26. The zero-order valence-electron chi connectivity index (χ0n) is 16.6. The highest BCUT2D eigenvalue weighted by Gasteiger charge is 2.20. The molecule has 1 aromatic carbocycles. The number of aromatic nitrogens is 2. The number of thiophene rings is 1. The second-order valence-corrected chi connectivity index (χ2v) is 8.77. The van der Waals surface area contributed by atoms with E-state index in [1.54, 1.807) is 17.6 Å². The van der Waals surface area contributed by atoms with Crippen molar-refractivity contribution in [2.45, 2.75) is 52.0 Å². The second-order valence-electron chi connectivity index (χ2n) is 7.68. The van der Waals surface area contributed by atoms with E-state index in [1.807, 2.05) is 12.1 Å². The van der Waals surface area contributed by atoms with Crippen LogP contribution in [0.15, 0.2) is 40.5 Å². The minimum atomic E-state index is -0.354. The highest BCUT2D eigenvalue weighted by molar-refractivity contribution is 7.18. The number of fused-ring (bicyclic) bond motifs is 3. The zero-order chi connectivity index (χ0) is 20.4. The number of benzene rings is 1. The Morgan fingerprint density at radius 2 is 2.03 bits per heavy atom. The van der Waals surface area contributed by atoms with Gasteiger partial charge < -0.3 is 0 Å². The predicted octanol–water partition coefficient (Wildman–Crippen LogP) is 3.61. The Labute approximate surface area is 173 Å². The Bertz CT molecular complexity index is 1130. The first-order valence-corrected chi connectivity index (χ1v) is 10.8. The van der Waals surface area contributed by atoms with Crippen LogP contribution >= 0.6 is 11.3 Å². The van der Waals surface area contributed by atoms with Gasteiger partial charge in [0.25, 0.3) is 11.5 Å². The number of rotatable bonds is 5. The van der Waals surface area contributed by atoms with E-state index in [-0.39, 0.29) is 18.0 Å². The number of aryl methyl sites for hydroxylation is 2. The molecule has 0 unspecified atom stereocenters. The normalized spacial score (nSPS) is 13.9. The van der Waals surface area contributed by atoms with Crippen LogP contribution in [-0.4, -0.2) is 21.7 Å². The summed E-state index contributed by atoms with van der Waals surface area (Å²) in [6, 6.07) is 8.03. The maximum Gasteiger partial charge on any atom is 0.262 e. The zero-order valence-corrected chi connectivity index (χ0v) is 17.5. The van der Waals surface area contributed by atoms with Gasteiger partial charge >= 0.3 is 0 Å². The van der Waals surface area contributed by atoms with Gasteiger partial charge in [-0.2, -0.15) is 5.10 Å². The summed E-state index contributed by atoms with van der Waals surface area (Å²) in [7, 11) is 0. The van der Waals surface area contributed by atoms with Gasteiger partial charge in [0.05, 0.1) is 17.9 Å². The number of nitrogens with zero attached hydrogens (tertiary/aromatic N) is 3.